The van der Waals surface area contributed by atoms with Crippen LogP contribution in [0.5, 0.6) is 0 Å². The van der Waals surface area contributed by atoms with Crippen molar-refractivity contribution >= 4 is 27.3 Å². The van der Waals surface area contributed by atoms with Gasteiger partial charge in [0.25, 0.3) is 10.0 Å². The van der Waals surface area contributed by atoms with E-state index in [0.717, 1.165) is 5.56 Å². The number of hydrogen-bond acceptors (Lipinski definition) is 4. The van der Waals surface area contributed by atoms with Crippen LogP contribution >= 0.6 is 11.6 Å². The van der Waals surface area contributed by atoms with E-state index in [-0.39, 0.29) is 4.90 Å². The Bertz CT molecular complexity index is 735. The third-order valence-electron chi connectivity index (χ3n) is 3.03. The van der Waals surface area contributed by atoms with Crippen LogP contribution in [-0.2, 0) is 16.6 Å². The minimum absolute atomic E-state index is 0.149. The molecule has 0 amide bonds. The molecule has 0 fully saturated rings. The van der Waals surface area contributed by atoms with Crippen LogP contribution in [0.25, 0.3) is 0 Å². The second kappa shape index (κ2) is 6.05. The normalized spacial score (nSPS) is 11.6. The van der Waals surface area contributed by atoms with Gasteiger partial charge in [-0.05, 0) is 32.5 Å². The summed E-state index contributed by atoms with van der Waals surface area (Å²) in [6.45, 7) is 3.81. The zero-order valence-corrected chi connectivity index (χ0v) is 13.6. The SMILES string of the molecule is CNCc1n[nH]c(C)c1S(=O)(=O)Nc1c(C)cccc1Cl. The van der Waals surface area contributed by atoms with E-state index in [9.17, 15) is 8.42 Å². The molecule has 8 heteroatoms. The molecule has 2 aromatic rings. The van der Waals surface area contributed by atoms with Gasteiger partial charge in [0, 0.05) is 6.54 Å². The van der Waals surface area contributed by atoms with E-state index in [0.29, 0.717) is 28.6 Å². The fourth-order valence-corrected chi connectivity index (χ4v) is 3.90. The van der Waals surface area contributed by atoms with E-state index in [1.165, 1.54) is 0 Å². The molecular formula is C13H17ClN4O2S. The number of sulfonamides is 1. The number of aromatic amines is 1. The van der Waals surface area contributed by atoms with Gasteiger partial charge in [0.1, 0.15) is 4.90 Å². The van der Waals surface area contributed by atoms with Gasteiger partial charge in [0.2, 0.25) is 0 Å². The summed E-state index contributed by atoms with van der Waals surface area (Å²) < 4.78 is 27.8. The number of benzene rings is 1. The standard InChI is InChI=1S/C13H17ClN4O2S/c1-8-5-4-6-10(14)12(8)18-21(19,20)13-9(2)16-17-11(13)7-15-3/h4-6,15,18H,7H2,1-3H3,(H,16,17). The lowest BCUT2D eigenvalue weighted by Crippen LogP contribution is -2.18. The largest absolute Gasteiger partial charge is 0.314 e. The molecule has 1 heterocycles. The Balaban J connectivity index is 2.46. The van der Waals surface area contributed by atoms with Crippen molar-refractivity contribution in [3.05, 3.63) is 40.2 Å². The van der Waals surface area contributed by atoms with Gasteiger partial charge in [-0.2, -0.15) is 5.10 Å². The first-order valence-corrected chi connectivity index (χ1v) is 8.19. The summed E-state index contributed by atoms with van der Waals surface area (Å²) in [4.78, 5) is 0.149. The van der Waals surface area contributed by atoms with Gasteiger partial charge in [-0.1, -0.05) is 23.7 Å². The molecule has 21 heavy (non-hydrogen) atoms. The molecule has 0 saturated heterocycles. The highest BCUT2D eigenvalue weighted by molar-refractivity contribution is 7.92. The number of hydrogen-bond donors (Lipinski definition) is 3. The number of anilines is 1. The molecule has 2 rings (SSSR count). The zero-order valence-electron chi connectivity index (χ0n) is 12.0. The van der Waals surface area contributed by atoms with Crippen LogP contribution in [0.3, 0.4) is 0 Å². The molecule has 3 N–H and O–H groups in total. The monoisotopic (exact) mass is 328 g/mol. The Hall–Kier alpha value is -1.57. The molecule has 0 aliphatic heterocycles. The molecule has 1 aromatic heterocycles. The van der Waals surface area contributed by atoms with Crippen molar-refractivity contribution in [3.8, 4) is 0 Å². The third-order valence-corrected chi connectivity index (χ3v) is 4.90. The van der Waals surface area contributed by atoms with Crippen molar-refractivity contribution in [1.82, 2.24) is 15.5 Å². The molecule has 0 spiro atoms. The first kappa shape index (κ1) is 15.8. The molecule has 0 aliphatic rings. The number of H-pyrrole nitrogens is 1. The van der Waals surface area contributed by atoms with Crippen molar-refractivity contribution in [2.45, 2.75) is 25.3 Å². The molecule has 0 saturated carbocycles. The predicted octanol–water partition coefficient (Wildman–Crippen LogP) is 2.20. The maximum absolute atomic E-state index is 12.6. The van der Waals surface area contributed by atoms with Gasteiger partial charge in [-0.15, -0.1) is 0 Å². The number of para-hydroxylation sites is 1. The Labute approximate surface area is 129 Å². The summed E-state index contributed by atoms with van der Waals surface area (Å²) >= 11 is 6.07. The van der Waals surface area contributed by atoms with Crippen molar-refractivity contribution in [1.29, 1.82) is 0 Å². The summed E-state index contributed by atoms with van der Waals surface area (Å²) in [6, 6.07) is 5.20. The van der Waals surface area contributed by atoms with Gasteiger partial charge >= 0.3 is 0 Å². The lowest BCUT2D eigenvalue weighted by atomic mass is 10.2. The Kier molecular flexibility index (Phi) is 4.55. The van der Waals surface area contributed by atoms with Gasteiger partial charge in [-0.25, -0.2) is 8.42 Å². The number of halogens is 1. The maximum Gasteiger partial charge on any atom is 0.265 e. The van der Waals surface area contributed by atoms with Gasteiger partial charge < -0.3 is 5.32 Å². The molecular weight excluding hydrogens is 312 g/mol. The van der Waals surface area contributed by atoms with E-state index in [1.54, 1.807) is 39.1 Å². The van der Waals surface area contributed by atoms with Crippen LogP contribution in [0, 0.1) is 13.8 Å². The van der Waals surface area contributed by atoms with Crippen molar-refractivity contribution in [2.24, 2.45) is 0 Å². The second-order valence-electron chi connectivity index (χ2n) is 4.69. The Morgan fingerprint density at radius 1 is 1.33 bits per heavy atom. The molecule has 1 aromatic carbocycles. The molecule has 0 bridgehead atoms. The minimum Gasteiger partial charge on any atom is -0.314 e. The van der Waals surface area contributed by atoms with E-state index in [2.05, 4.69) is 20.2 Å². The van der Waals surface area contributed by atoms with E-state index < -0.39 is 10.0 Å². The first-order valence-electron chi connectivity index (χ1n) is 6.33. The summed E-state index contributed by atoms with van der Waals surface area (Å²) in [5.41, 5.74) is 2.06. The van der Waals surface area contributed by atoms with Gasteiger partial charge in [0.15, 0.2) is 0 Å². The van der Waals surface area contributed by atoms with Crippen LogP contribution in [0.15, 0.2) is 23.1 Å². The van der Waals surface area contributed by atoms with Crippen LogP contribution in [0.2, 0.25) is 5.02 Å². The Morgan fingerprint density at radius 3 is 2.67 bits per heavy atom. The summed E-state index contributed by atoms with van der Waals surface area (Å²) in [7, 11) is -2.04. The lowest BCUT2D eigenvalue weighted by molar-refractivity contribution is 0.598. The van der Waals surface area contributed by atoms with Crippen molar-refractivity contribution in [3.63, 3.8) is 0 Å². The third kappa shape index (κ3) is 3.20. The van der Waals surface area contributed by atoms with E-state index >= 15 is 0 Å². The summed E-state index contributed by atoms with van der Waals surface area (Å²) in [5.74, 6) is 0. The molecule has 114 valence electrons. The number of rotatable bonds is 5. The molecule has 6 nitrogen and oxygen atoms in total. The smallest absolute Gasteiger partial charge is 0.265 e. The van der Waals surface area contributed by atoms with Crippen LogP contribution in [0.1, 0.15) is 17.0 Å². The van der Waals surface area contributed by atoms with Gasteiger partial charge in [0.05, 0.1) is 22.1 Å². The van der Waals surface area contributed by atoms with E-state index in [1.807, 2.05) is 0 Å². The lowest BCUT2D eigenvalue weighted by Gasteiger charge is -2.12. The van der Waals surface area contributed by atoms with Crippen LogP contribution in [-0.4, -0.2) is 25.7 Å². The zero-order chi connectivity index (χ0) is 15.6. The predicted molar refractivity (Wildman–Crippen MR) is 83.1 cm³/mol. The summed E-state index contributed by atoms with van der Waals surface area (Å²) in [5, 5.41) is 9.97. The average molecular weight is 329 g/mol. The number of aromatic nitrogens is 2. The minimum atomic E-state index is -3.77. The molecule has 0 unspecified atom stereocenters. The average Bonchev–Trinajstić information content (AvgIpc) is 2.77. The number of aryl methyl sites for hydroxylation is 2. The Morgan fingerprint density at radius 2 is 2.05 bits per heavy atom. The first-order chi connectivity index (χ1) is 9.86. The van der Waals surface area contributed by atoms with Crippen LogP contribution < -0.4 is 10.0 Å². The van der Waals surface area contributed by atoms with Gasteiger partial charge in [-0.3, -0.25) is 9.82 Å². The molecule has 0 atom stereocenters. The van der Waals surface area contributed by atoms with Crippen molar-refractivity contribution < 1.29 is 8.42 Å². The summed E-state index contributed by atoms with van der Waals surface area (Å²) in [6.07, 6.45) is 0. The van der Waals surface area contributed by atoms with Crippen molar-refractivity contribution in [2.75, 3.05) is 11.8 Å². The molecule has 0 aliphatic carbocycles. The topological polar surface area (TPSA) is 86.9 Å². The highest BCUT2D eigenvalue weighted by Gasteiger charge is 2.25. The maximum atomic E-state index is 12.6. The highest BCUT2D eigenvalue weighted by Crippen LogP contribution is 2.29. The van der Waals surface area contributed by atoms with Crippen LogP contribution in [0.4, 0.5) is 5.69 Å². The fourth-order valence-electron chi connectivity index (χ4n) is 2.06. The fraction of sp³-hybridized carbons (Fsp3) is 0.308. The highest BCUT2D eigenvalue weighted by atomic mass is 35.5. The number of nitrogens with zero attached hydrogens (tertiary/aromatic N) is 1. The van der Waals surface area contributed by atoms with E-state index in [4.69, 9.17) is 11.6 Å². The molecule has 0 radical (unpaired) electrons. The second-order valence-corrected chi connectivity index (χ2v) is 6.72. The quantitative estimate of drug-likeness (QED) is 0.785. The number of nitrogens with one attached hydrogen (secondary N) is 3.